The lowest BCUT2D eigenvalue weighted by molar-refractivity contribution is -0.111. The van der Waals surface area contributed by atoms with Crippen molar-refractivity contribution >= 4 is 33.5 Å². The van der Waals surface area contributed by atoms with E-state index in [0.29, 0.717) is 35.3 Å². The average molecular weight is 497 g/mol. The second kappa shape index (κ2) is 11.5. The molecule has 0 aliphatic rings. The number of anilines is 2. The number of methoxy groups -OCH3 is 1. The number of ether oxygens (including phenoxy) is 2. The van der Waals surface area contributed by atoms with Gasteiger partial charge in [0.25, 0.3) is 10.0 Å². The van der Waals surface area contributed by atoms with Crippen molar-refractivity contribution in [1.29, 1.82) is 0 Å². The Labute approximate surface area is 205 Å². The van der Waals surface area contributed by atoms with E-state index in [2.05, 4.69) is 20.0 Å². The van der Waals surface area contributed by atoms with Gasteiger partial charge in [0.1, 0.15) is 11.6 Å². The largest absolute Gasteiger partial charge is 0.493 e. The van der Waals surface area contributed by atoms with Crippen LogP contribution in [0.25, 0.3) is 6.08 Å². The Hall–Kier alpha value is -3.92. The fourth-order valence-corrected chi connectivity index (χ4v) is 4.15. The molecule has 184 valence electrons. The molecular weight excluding hydrogens is 468 g/mol. The molecule has 0 atom stereocenters. The highest BCUT2D eigenvalue weighted by Crippen LogP contribution is 2.28. The van der Waals surface area contributed by atoms with Crippen molar-refractivity contribution in [2.24, 2.45) is 0 Å². The normalized spacial score (nSPS) is 11.3. The molecule has 0 unspecified atom stereocenters. The molecule has 10 heteroatoms. The van der Waals surface area contributed by atoms with Crippen LogP contribution in [0.5, 0.6) is 11.5 Å². The van der Waals surface area contributed by atoms with Crippen LogP contribution in [-0.2, 0) is 14.8 Å². The van der Waals surface area contributed by atoms with Gasteiger partial charge in [-0.2, -0.15) is 0 Å². The van der Waals surface area contributed by atoms with Crippen molar-refractivity contribution < 1.29 is 22.7 Å². The molecule has 1 amide bonds. The number of aromatic nitrogens is 2. The summed E-state index contributed by atoms with van der Waals surface area (Å²) < 4.78 is 38.8. The van der Waals surface area contributed by atoms with Gasteiger partial charge in [-0.05, 0) is 68.3 Å². The van der Waals surface area contributed by atoms with Gasteiger partial charge in [-0.1, -0.05) is 13.0 Å². The van der Waals surface area contributed by atoms with E-state index in [4.69, 9.17) is 9.47 Å². The maximum Gasteiger partial charge on any atom is 0.263 e. The van der Waals surface area contributed by atoms with E-state index in [1.807, 2.05) is 13.0 Å². The van der Waals surface area contributed by atoms with Gasteiger partial charge in [-0.25, -0.2) is 18.4 Å². The van der Waals surface area contributed by atoms with Gasteiger partial charge in [0, 0.05) is 23.5 Å². The van der Waals surface area contributed by atoms with Crippen LogP contribution in [-0.4, -0.2) is 38.0 Å². The van der Waals surface area contributed by atoms with E-state index in [1.54, 1.807) is 45.2 Å². The van der Waals surface area contributed by atoms with Gasteiger partial charge < -0.3 is 14.8 Å². The summed E-state index contributed by atoms with van der Waals surface area (Å²) in [6, 6.07) is 12.8. The lowest BCUT2D eigenvalue weighted by Gasteiger charge is -2.10. The van der Waals surface area contributed by atoms with Crippen molar-refractivity contribution in [1.82, 2.24) is 9.97 Å². The van der Waals surface area contributed by atoms with E-state index in [-0.39, 0.29) is 16.6 Å². The molecule has 2 aromatic carbocycles. The summed E-state index contributed by atoms with van der Waals surface area (Å²) in [6.45, 7) is 6.05. The zero-order chi connectivity index (χ0) is 25.4. The second-order valence-corrected chi connectivity index (χ2v) is 9.34. The summed E-state index contributed by atoms with van der Waals surface area (Å²) >= 11 is 0. The Morgan fingerprint density at radius 3 is 2.43 bits per heavy atom. The minimum atomic E-state index is -3.84. The van der Waals surface area contributed by atoms with Gasteiger partial charge in [0.05, 0.1) is 18.6 Å². The molecular formula is C25H28N4O5S. The monoisotopic (exact) mass is 496 g/mol. The van der Waals surface area contributed by atoms with Crippen molar-refractivity contribution in [3.8, 4) is 11.5 Å². The number of nitrogens with one attached hydrogen (secondary N) is 2. The van der Waals surface area contributed by atoms with E-state index in [1.165, 1.54) is 30.3 Å². The number of benzene rings is 2. The molecule has 0 fully saturated rings. The molecule has 3 aromatic rings. The highest BCUT2D eigenvalue weighted by atomic mass is 32.2. The van der Waals surface area contributed by atoms with Crippen LogP contribution in [0.15, 0.2) is 59.5 Å². The van der Waals surface area contributed by atoms with Gasteiger partial charge in [-0.15, -0.1) is 0 Å². The molecule has 2 N–H and O–H groups in total. The maximum atomic E-state index is 12.7. The van der Waals surface area contributed by atoms with Crippen LogP contribution in [0.2, 0.25) is 0 Å². The first kappa shape index (κ1) is 25.7. The highest BCUT2D eigenvalue weighted by Gasteiger charge is 2.15. The Bertz CT molecular complexity index is 1300. The van der Waals surface area contributed by atoms with Crippen LogP contribution in [0.3, 0.4) is 0 Å². The molecule has 35 heavy (non-hydrogen) atoms. The first-order valence-corrected chi connectivity index (χ1v) is 12.4. The van der Waals surface area contributed by atoms with Crippen LogP contribution in [0, 0.1) is 13.8 Å². The van der Waals surface area contributed by atoms with Gasteiger partial charge in [-0.3, -0.25) is 9.52 Å². The molecule has 0 radical (unpaired) electrons. The lowest BCUT2D eigenvalue weighted by atomic mass is 10.2. The number of rotatable bonds is 10. The average Bonchev–Trinajstić information content (AvgIpc) is 2.81. The topological polar surface area (TPSA) is 120 Å². The number of amides is 1. The minimum absolute atomic E-state index is 0.0393. The quantitative estimate of drug-likeness (QED) is 0.401. The number of sulfonamides is 1. The van der Waals surface area contributed by atoms with E-state index in [0.717, 1.165) is 12.0 Å². The lowest BCUT2D eigenvalue weighted by Crippen LogP contribution is -2.15. The SMILES string of the molecule is CCCOc1ccc(C=CC(=O)Nc2ccc(S(=O)(=O)Nc3cc(C)nc(C)n3)cc2)cc1OC. The smallest absolute Gasteiger partial charge is 0.263 e. The fourth-order valence-electron chi connectivity index (χ4n) is 3.16. The van der Waals surface area contributed by atoms with Crippen LogP contribution >= 0.6 is 0 Å². The number of nitrogens with zero attached hydrogens (tertiary/aromatic N) is 2. The number of carbonyl (C=O) groups excluding carboxylic acids is 1. The third-order valence-electron chi connectivity index (χ3n) is 4.71. The van der Waals surface area contributed by atoms with Crippen molar-refractivity contribution in [3.63, 3.8) is 0 Å². The zero-order valence-electron chi connectivity index (χ0n) is 20.0. The van der Waals surface area contributed by atoms with E-state index < -0.39 is 10.0 Å². The Kier molecular flexibility index (Phi) is 8.43. The Balaban J connectivity index is 1.64. The molecule has 0 saturated heterocycles. The molecule has 0 spiro atoms. The molecule has 3 rings (SSSR count). The summed E-state index contributed by atoms with van der Waals surface area (Å²) in [4.78, 5) is 20.6. The molecule has 1 aromatic heterocycles. The van der Waals surface area contributed by atoms with Gasteiger partial charge in [0.2, 0.25) is 5.91 Å². The maximum absolute atomic E-state index is 12.7. The van der Waals surface area contributed by atoms with Crippen LogP contribution in [0.1, 0.15) is 30.4 Å². The number of carbonyl (C=O) groups is 1. The zero-order valence-corrected chi connectivity index (χ0v) is 20.8. The highest BCUT2D eigenvalue weighted by molar-refractivity contribution is 7.92. The third kappa shape index (κ3) is 7.28. The van der Waals surface area contributed by atoms with Crippen molar-refractivity contribution in [2.75, 3.05) is 23.8 Å². The molecule has 1 heterocycles. The van der Waals surface area contributed by atoms with Crippen LogP contribution in [0.4, 0.5) is 11.5 Å². The summed E-state index contributed by atoms with van der Waals surface area (Å²) in [7, 11) is -2.28. The third-order valence-corrected chi connectivity index (χ3v) is 6.08. The summed E-state index contributed by atoms with van der Waals surface area (Å²) in [5.41, 5.74) is 1.87. The number of hydrogen-bond donors (Lipinski definition) is 2. The van der Waals surface area contributed by atoms with E-state index in [9.17, 15) is 13.2 Å². The standard InChI is InChI=1S/C25H28N4O5S/c1-5-14-34-22-12-6-19(16-23(22)33-4)7-13-25(30)28-20-8-10-21(11-9-20)35(31,32)29-24-15-17(2)26-18(3)27-24/h6-13,15-16H,5,14H2,1-4H3,(H,28,30)(H,26,27,29). The predicted molar refractivity (Wildman–Crippen MR) is 135 cm³/mol. The molecule has 0 saturated carbocycles. The molecule has 0 aliphatic carbocycles. The minimum Gasteiger partial charge on any atom is -0.493 e. The summed E-state index contributed by atoms with van der Waals surface area (Å²) in [5.74, 6) is 1.52. The van der Waals surface area contributed by atoms with Gasteiger partial charge >= 0.3 is 0 Å². The Morgan fingerprint density at radius 2 is 1.77 bits per heavy atom. The fraction of sp³-hybridized carbons (Fsp3) is 0.240. The first-order valence-electron chi connectivity index (χ1n) is 10.9. The van der Waals surface area contributed by atoms with E-state index >= 15 is 0 Å². The molecule has 9 nitrogen and oxygen atoms in total. The summed E-state index contributed by atoms with van der Waals surface area (Å²) in [5, 5.41) is 2.71. The predicted octanol–water partition coefficient (Wildman–Crippen LogP) is 4.34. The number of hydrogen-bond acceptors (Lipinski definition) is 7. The van der Waals surface area contributed by atoms with Gasteiger partial charge in [0.15, 0.2) is 11.5 Å². The van der Waals surface area contributed by atoms with Crippen molar-refractivity contribution in [2.45, 2.75) is 32.1 Å². The number of aryl methyl sites for hydroxylation is 2. The second-order valence-electron chi connectivity index (χ2n) is 7.65. The first-order chi connectivity index (χ1) is 16.7. The Morgan fingerprint density at radius 1 is 1.03 bits per heavy atom. The van der Waals surface area contributed by atoms with Crippen molar-refractivity contribution in [3.05, 3.63) is 71.7 Å². The summed E-state index contributed by atoms with van der Waals surface area (Å²) in [6.07, 6.45) is 3.92. The molecule has 0 aliphatic heterocycles. The van der Waals surface area contributed by atoms with Crippen LogP contribution < -0.4 is 19.5 Å². The molecule has 0 bridgehead atoms.